The van der Waals surface area contributed by atoms with Crippen molar-refractivity contribution in [3.8, 4) is 5.75 Å². The molecule has 0 aliphatic heterocycles. The number of hydrogen-bond donors (Lipinski definition) is 2. The van der Waals surface area contributed by atoms with Gasteiger partial charge in [0.15, 0.2) is 0 Å². The predicted octanol–water partition coefficient (Wildman–Crippen LogP) is 7.86. The molecule has 0 spiro atoms. The van der Waals surface area contributed by atoms with Crippen LogP contribution in [0.2, 0.25) is 0 Å². The molecule has 2 N–H and O–H groups in total. The van der Waals surface area contributed by atoms with Crippen LogP contribution in [0.15, 0.2) is 75.4 Å². The summed E-state index contributed by atoms with van der Waals surface area (Å²) in [5.41, 5.74) is 5.01. The van der Waals surface area contributed by atoms with Crippen molar-refractivity contribution in [3.05, 3.63) is 87.4 Å². The van der Waals surface area contributed by atoms with Gasteiger partial charge in [0, 0.05) is 21.2 Å². The number of hydrogen-bond acceptors (Lipinski definition) is 6. The summed E-state index contributed by atoms with van der Waals surface area (Å²) in [5, 5.41) is 18.8. The third-order valence-corrected chi connectivity index (χ3v) is 5.97. The maximum atomic E-state index is 12.9. The summed E-state index contributed by atoms with van der Waals surface area (Å²) >= 11 is 3.32. The number of aromatic hydroxyl groups is 1. The molecule has 0 saturated heterocycles. The second kappa shape index (κ2) is 10.6. The molecule has 3 aromatic carbocycles. The lowest BCUT2D eigenvalue weighted by molar-refractivity contribution is 0.0596. The summed E-state index contributed by atoms with van der Waals surface area (Å²) in [7, 11) is 0. The van der Waals surface area contributed by atoms with Gasteiger partial charge in [-0.05, 0) is 71.5 Å². The number of nitrogens with zero attached hydrogens (tertiary/aromatic N) is 2. The fraction of sp³-hybridized carbons (Fsp3) is 0.286. The number of nitrogens with one attached hydrogen (secondary N) is 1. The first-order valence-corrected chi connectivity index (χ1v) is 12.2. The quantitative estimate of drug-likeness (QED) is 0.248. The van der Waals surface area contributed by atoms with Crippen LogP contribution in [-0.2, 0) is 15.7 Å². The first kappa shape index (κ1) is 27.1. The van der Waals surface area contributed by atoms with E-state index in [0.29, 0.717) is 33.6 Å². The maximum absolute atomic E-state index is 12.9. The van der Waals surface area contributed by atoms with Gasteiger partial charge in [0.25, 0.3) is 5.91 Å². The number of amides is 1. The van der Waals surface area contributed by atoms with Crippen LogP contribution in [0.25, 0.3) is 0 Å². The van der Waals surface area contributed by atoms with E-state index in [0.717, 1.165) is 4.47 Å². The molecule has 0 unspecified atom stereocenters. The van der Waals surface area contributed by atoms with Gasteiger partial charge in [-0.1, -0.05) is 57.5 Å². The summed E-state index contributed by atoms with van der Waals surface area (Å²) in [6.07, 6.45) is 0. The molecule has 0 aliphatic carbocycles. The molecule has 0 atom stereocenters. The Balaban J connectivity index is 1.72. The van der Waals surface area contributed by atoms with E-state index < -0.39 is 11.9 Å². The van der Waals surface area contributed by atoms with Gasteiger partial charge in [-0.25, -0.2) is 10.3 Å². The second-order valence-corrected chi connectivity index (χ2v) is 11.4. The fourth-order valence-corrected chi connectivity index (χ4v) is 3.67. The molecule has 0 fully saturated rings. The van der Waals surface area contributed by atoms with Crippen molar-refractivity contribution >= 4 is 39.2 Å². The summed E-state index contributed by atoms with van der Waals surface area (Å²) in [4.78, 5) is 30.1. The Morgan fingerprint density at radius 3 is 1.86 bits per heavy atom. The average molecular weight is 552 g/mol. The zero-order chi connectivity index (χ0) is 26.7. The lowest BCUT2D eigenvalue weighted by Crippen LogP contribution is -2.18. The average Bonchev–Trinajstić information content (AvgIpc) is 2.80. The molecule has 0 bridgehead atoms. The number of benzene rings is 3. The van der Waals surface area contributed by atoms with Crippen LogP contribution in [0, 0.1) is 0 Å². The monoisotopic (exact) mass is 551 g/mol. The number of anilines is 1. The summed E-state index contributed by atoms with van der Waals surface area (Å²) in [6.45, 7) is 11.9. The Bertz CT molecular complexity index is 1250. The molecular weight excluding hydrogens is 522 g/mol. The molecule has 3 aromatic rings. The topological polar surface area (TPSA) is 100 Å². The summed E-state index contributed by atoms with van der Waals surface area (Å²) in [5.74, 6) is -0.820. The Morgan fingerprint density at radius 2 is 1.36 bits per heavy atom. The lowest BCUT2D eigenvalue weighted by Gasteiger charge is -2.27. The molecule has 36 heavy (non-hydrogen) atoms. The highest BCUT2D eigenvalue weighted by Gasteiger charge is 2.27. The zero-order valence-electron chi connectivity index (χ0n) is 21.2. The van der Waals surface area contributed by atoms with E-state index in [1.54, 1.807) is 60.7 Å². The van der Waals surface area contributed by atoms with Gasteiger partial charge in [-0.3, -0.25) is 4.79 Å². The molecule has 3 rings (SSSR count). The minimum Gasteiger partial charge on any atom is -0.507 e. The highest BCUT2D eigenvalue weighted by atomic mass is 79.9. The Hall–Kier alpha value is -3.52. The van der Waals surface area contributed by atoms with Crippen LogP contribution in [-0.4, -0.2) is 17.0 Å². The second-order valence-electron chi connectivity index (χ2n) is 10.5. The molecule has 0 heterocycles. The molecular formula is C28H30BrN3O4. The van der Waals surface area contributed by atoms with Crippen molar-refractivity contribution in [1.29, 1.82) is 0 Å². The zero-order valence-corrected chi connectivity index (χ0v) is 22.8. The van der Waals surface area contributed by atoms with Crippen LogP contribution in [0.1, 0.15) is 73.4 Å². The van der Waals surface area contributed by atoms with Crippen molar-refractivity contribution in [2.75, 3.05) is 5.48 Å². The molecule has 0 saturated carbocycles. The smallest absolute Gasteiger partial charge is 0.362 e. The number of azo groups is 1. The summed E-state index contributed by atoms with van der Waals surface area (Å²) < 4.78 is 0.866. The Kier molecular flexibility index (Phi) is 7.99. The third-order valence-electron chi connectivity index (χ3n) is 5.44. The number of phenols is 1. The van der Waals surface area contributed by atoms with Crippen molar-refractivity contribution in [2.24, 2.45) is 10.2 Å². The van der Waals surface area contributed by atoms with Gasteiger partial charge in [0.05, 0.1) is 16.9 Å². The highest BCUT2D eigenvalue weighted by Crippen LogP contribution is 2.40. The van der Waals surface area contributed by atoms with E-state index >= 15 is 0 Å². The van der Waals surface area contributed by atoms with E-state index in [1.807, 2.05) is 41.5 Å². The number of carbonyl (C=O) groups is 2. The molecule has 1 amide bonds. The van der Waals surface area contributed by atoms with Gasteiger partial charge in [-0.2, -0.15) is 0 Å². The van der Waals surface area contributed by atoms with Crippen LogP contribution >= 0.6 is 15.9 Å². The van der Waals surface area contributed by atoms with Gasteiger partial charge in [0.2, 0.25) is 0 Å². The number of carbonyl (C=O) groups excluding carboxylic acids is 2. The standard InChI is InChI=1S/C28H30BrN3O4/c1-27(2,3)22-15-18(16-23(24(22)33)28(4,5)6)25(34)31-30-20-11-13-21(14-12-20)32-36-26(35)17-7-9-19(29)10-8-17/h7-16,32-33H,1-6H3. The van der Waals surface area contributed by atoms with Gasteiger partial charge < -0.3 is 9.94 Å². The normalized spacial score (nSPS) is 12.0. The molecule has 0 aromatic heterocycles. The highest BCUT2D eigenvalue weighted by molar-refractivity contribution is 9.10. The minimum absolute atomic E-state index is 0.201. The third kappa shape index (κ3) is 6.79. The largest absolute Gasteiger partial charge is 0.507 e. The van der Waals surface area contributed by atoms with Crippen LogP contribution in [0.3, 0.4) is 0 Å². The van der Waals surface area contributed by atoms with Gasteiger partial charge in [-0.15, -0.1) is 10.2 Å². The number of rotatable bonds is 5. The Labute approximate surface area is 219 Å². The Morgan fingerprint density at radius 1 is 0.833 bits per heavy atom. The molecule has 7 nitrogen and oxygen atoms in total. The fourth-order valence-electron chi connectivity index (χ4n) is 3.41. The first-order chi connectivity index (χ1) is 16.8. The number of phenolic OH excluding ortho intramolecular Hbond substituents is 1. The van der Waals surface area contributed by atoms with E-state index in [1.165, 1.54) is 0 Å². The van der Waals surface area contributed by atoms with Crippen molar-refractivity contribution in [3.63, 3.8) is 0 Å². The van der Waals surface area contributed by atoms with Gasteiger partial charge in [0.1, 0.15) is 5.75 Å². The SMILES string of the molecule is CC(C)(C)c1cc(C(=O)N=Nc2ccc(NOC(=O)c3ccc(Br)cc3)cc2)cc(C(C)(C)C)c1O. The van der Waals surface area contributed by atoms with Gasteiger partial charge >= 0.3 is 5.97 Å². The maximum Gasteiger partial charge on any atom is 0.362 e. The molecule has 188 valence electrons. The molecule has 0 aliphatic rings. The number of halogens is 1. The van der Waals surface area contributed by atoms with E-state index in [-0.39, 0.29) is 16.6 Å². The van der Waals surface area contributed by atoms with Crippen molar-refractivity contribution in [2.45, 2.75) is 52.4 Å². The van der Waals surface area contributed by atoms with Crippen LogP contribution < -0.4 is 5.48 Å². The molecule has 8 heteroatoms. The minimum atomic E-state index is -0.519. The first-order valence-electron chi connectivity index (χ1n) is 11.4. The van der Waals surface area contributed by atoms with Crippen LogP contribution in [0.5, 0.6) is 5.75 Å². The summed E-state index contributed by atoms with van der Waals surface area (Å²) in [6, 6.07) is 16.8. The van der Waals surface area contributed by atoms with Crippen molar-refractivity contribution in [1.82, 2.24) is 0 Å². The van der Waals surface area contributed by atoms with E-state index in [9.17, 15) is 14.7 Å². The van der Waals surface area contributed by atoms with E-state index in [2.05, 4.69) is 31.6 Å². The lowest BCUT2D eigenvalue weighted by atomic mass is 9.78. The van der Waals surface area contributed by atoms with Crippen molar-refractivity contribution < 1.29 is 19.5 Å². The van der Waals surface area contributed by atoms with Crippen LogP contribution in [0.4, 0.5) is 11.4 Å². The molecule has 0 radical (unpaired) electrons. The van der Waals surface area contributed by atoms with E-state index in [4.69, 9.17) is 4.84 Å². The predicted molar refractivity (Wildman–Crippen MR) is 144 cm³/mol.